The second-order valence-corrected chi connectivity index (χ2v) is 7.25. The lowest BCUT2D eigenvalue weighted by Crippen LogP contribution is -2.45. The van der Waals surface area contributed by atoms with Crippen molar-refractivity contribution >= 4 is 11.8 Å². The number of amides is 2. The molecule has 0 bridgehead atoms. The Labute approximate surface area is 160 Å². The molecule has 27 heavy (non-hydrogen) atoms. The molecule has 1 aromatic rings. The molecule has 7 heteroatoms. The van der Waals surface area contributed by atoms with Gasteiger partial charge in [-0.1, -0.05) is 0 Å². The Hall–Kier alpha value is -2.28. The number of hydrogen-bond donors (Lipinski definition) is 2. The van der Waals surface area contributed by atoms with Crippen molar-refractivity contribution in [2.75, 3.05) is 40.4 Å². The van der Waals surface area contributed by atoms with Gasteiger partial charge < -0.3 is 25.0 Å². The van der Waals surface area contributed by atoms with Crippen molar-refractivity contribution in [3.8, 4) is 11.5 Å². The van der Waals surface area contributed by atoms with Gasteiger partial charge in [-0.05, 0) is 56.3 Å². The van der Waals surface area contributed by atoms with E-state index < -0.39 is 0 Å². The van der Waals surface area contributed by atoms with Crippen molar-refractivity contribution in [3.05, 3.63) is 23.8 Å². The number of methoxy groups -OCH3 is 1. The summed E-state index contributed by atoms with van der Waals surface area (Å²) >= 11 is 0. The highest BCUT2D eigenvalue weighted by molar-refractivity contribution is 5.95. The number of rotatable bonds is 8. The normalized spacial score (nSPS) is 17.5. The number of nitrogens with zero attached hydrogens (tertiary/aromatic N) is 1. The van der Waals surface area contributed by atoms with Gasteiger partial charge in [-0.15, -0.1) is 0 Å². The molecule has 148 valence electrons. The Kier molecular flexibility index (Phi) is 6.55. The number of ether oxygens (including phenoxy) is 2. The molecule has 2 N–H and O–H groups in total. The van der Waals surface area contributed by atoms with Crippen LogP contribution in [-0.2, 0) is 4.79 Å². The molecule has 0 aromatic heterocycles. The first-order valence-corrected chi connectivity index (χ1v) is 9.64. The number of carbonyl (C=O) groups excluding carboxylic acids is 2. The number of hydrogen-bond acceptors (Lipinski definition) is 5. The minimum Gasteiger partial charge on any atom is -0.493 e. The molecule has 0 atom stereocenters. The van der Waals surface area contributed by atoms with E-state index in [9.17, 15) is 9.59 Å². The number of likely N-dealkylation sites (N-methyl/N-ethyl adjacent to an activating group) is 1. The van der Waals surface area contributed by atoms with Crippen LogP contribution in [0.3, 0.4) is 0 Å². The summed E-state index contributed by atoms with van der Waals surface area (Å²) in [6.45, 7) is 2.55. The lowest BCUT2D eigenvalue weighted by molar-refractivity contribution is -0.122. The second-order valence-electron chi connectivity index (χ2n) is 7.25. The van der Waals surface area contributed by atoms with E-state index in [4.69, 9.17) is 9.47 Å². The van der Waals surface area contributed by atoms with E-state index in [-0.39, 0.29) is 18.4 Å². The first-order chi connectivity index (χ1) is 13.1. The van der Waals surface area contributed by atoms with E-state index in [2.05, 4.69) is 10.6 Å². The third kappa shape index (κ3) is 5.35. The van der Waals surface area contributed by atoms with Crippen LogP contribution in [0.15, 0.2) is 18.2 Å². The molecule has 1 aromatic carbocycles. The van der Waals surface area contributed by atoms with Crippen LogP contribution >= 0.6 is 0 Å². The van der Waals surface area contributed by atoms with Crippen molar-refractivity contribution in [1.29, 1.82) is 0 Å². The molecular weight excluding hydrogens is 346 g/mol. The van der Waals surface area contributed by atoms with Crippen LogP contribution < -0.4 is 20.1 Å². The third-order valence-electron chi connectivity index (χ3n) is 5.22. The summed E-state index contributed by atoms with van der Waals surface area (Å²) in [5.74, 6) is 1.55. The summed E-state index contributed by atoms with van der Waals surface area (Å²) in [6.07, 6.45) is 4.69. The Morgan fingerprint density at radius 1 is 1.15 bits per heavy atom. The highest BCUT2D eigenvalue weighted by atomic mass is 16.5. The minimum absolute atomic E-state index is 0.00629. The molecule has 2 aliphatic rings. The monoisotopic (exact) mass is 375 g/mol. The fourth-order valence-electron chi connectivity index (χ4n) is 3.26. The van der Waals surface area contributed by atoms with Crippen molar-refractivity contribution in [3.63, 3.8) is 0 Å². The van der Waals surface area contributed by atoms with E-state index in [1.54, 1.807) is 25.2 Å². The van der Waals surface area contributed by atoms with Crippen LogP contribution in [0.1, 0.15) is 36.0 Å². The van der Waals surface area contributed by atoms with Gasteiger partial charge in [0.1, 0.15) is 0 Å². The molecule has 2 amide bonds. The van der Waals surface area contributed by atoms with Gasteiger partial charge in [-0.25, -0.2) is 0 Å². The van der Waals surface area contributed by atoms with Crippen molar-refractivity contribution < 1.29 is 19.1 Å². The molecule has 1 heterocycles. The van der Waals surface area contributed by atoms with Crippen molar-refractivity contribution in [1.82, 2.24) is 15.5 Å². The predicted octanol–water partition coefficient (Wildman–Crippen LogP) is 1.42. The summed E-state index contributed by atoms with van der Waals surface area (Å²) in [6, 6.07) is 5.60. The Bertz CT molecular complexity index is 667. The average Bonchev–Trinajstić information content (AvgIpc) is 3.54. The zero-order chi connectivity index (χ0) is 19.2. The Morgan fingerprint density at radius 2 is 1.89 bits per heavy atom. The maximum absolute atomic E-state index is 12.8. The van der Waals surface area contributed by atoms with Gasteiger partial charge in [0.2, 0.25) is 0 Å². The van der Waals surface area contributed by atoms with Gasteiger partial charge in [0.15, 0.2) is 18.1 Å². The van der Waals surface area contributed by atoms with Crippen LogP contribution in [0, 0.1) is 5.92 Å². The lowest BCUT2D eigenvalue weighted by Gasteiger charge is -2.32. The Morgan fingerprint density at radius 3 is 2.52 bits per heavy atom. The number of nitrogens with one attached hydrogen (secondary N) is 2. The average molecular weight is 375 g/mol. The first kappa shape index (κ1) is 19.5. The molecule has 1 saturated carbocycles. The van der Waals surface area contributed by atoms with Crippen LogP contribution in [0.5, 0.6) is 11.5 Å². The van der Waals surface area contributed by atoms with Gasteiger partial charge in [-0.3, -0.25) is 9.59 Å². The van der Waals surface area contributed by atoms with Crippen LogP contribution in [0.2, 0.25) is 0 Å². The standard InChI is InChI=1S/C20H29N3O4/c1-21-19(24)13-27-17-6-5-15(11-18(17)26-2)20(25)23-9-7-16(8-10-23)22-12-14-3-4-14/h5-6,11,14,16,22H,3-4,7-10,12-13H2,1-2H3,(H,21,24). The summed E-state index contributed by atoms with van der Waals surface area (Å²) in [5, 5.41) is 6.13. The highest BCUT2D eigenvalue weighted by Gasteiger charge is 2.26. The van der Waals surface area contributed by atoms with Crippen LogP contribution in [0.4, 0.5) is 0 Å². The minimum atomic E-state index is -0.227. The predicted molar refractivity (Wildman–Crippen MR) is 102 cm³/mol. The quantitative estimate of drug-likeness (QED) is 0.718. The maximum atomic E-state index is 12.8. The van der Waals surface area contributed by atoms with Gasteiger partial charge in [-0.2, -0.15) is 0 Å². The van der Waals surface area contributed by atoms with E-state index in [1.807, 2.05) is 4.90 Å². The summed E-state index contributed by atoms with van der Waals surface area (Å²) in [7, 11) is 3.07. The number of carbonyl (C=O) groups is 2. The molecule has 0 radical (unpaired) electrons. The van der Waals surface area contributed by atoms with E-state index in [0.29, 0.717) is 23.1 Å². The SMILES string of the molecule is CNC(=O)COc1ccc(C(=O)N2CCC(NCC3CC3)CC2)cc1OC. The maximum Gasteiger partial charge on any atom is 0.257 e. The molecule has 7 nitrogen and oxygen atoms in total. The zero-order valence-corrected chi connectivity index (χ0v) is 16.1. The number of piperidine rings is 1. The fourth-order valence-corrected chi connectivity index (χ4v) is 3.26. The molecule has 0 unspecified atom stereocenters. The zero-order valence-electron chi connectivity index (χ0n) is 16.1. The third-order valence-corrected chi connectivity index (χ3v) is 5.22. The Balaban J connectivity index is 1.55. The van der Waals surface area contributed by atoms with Crippen molar-refractivity contribution in [2.45, 2.75) is 31.7 Å². The molecule has 3 rings (SSSR count). The molecule has 1 aliphatic carbocycles. The van der Waals surface area contributed by atoms with E-state index in [1.165, 1.54) is 20.0 Å². The van der Waals surface area contributed by atoms with Gasteiger partial charge in [0, 0.05) is 31.7 Å². The number of likely N-dealkylation sites (tertiary alicyclic amines) is 1. The van der Waals surface area contributed by atoms with Gasteiger partial charge >= 0.3 is 0 Å². The van der Waals surface area contributed by atoms with Crippen LogP contribution in [-0.4, -0.2) is 63.2 Å². The van der Waals surface area contributed by atoms with Gasteiger partial charge in [0.05, 0.1) is 7.11 Å². The molecular formula is C20H29N3O4. The molecule has 1 saturated heterocycles. The summed E-state index contributed by atoms with van der Waals surface area (Å²) < 4.78 is 10.8. The van der Waals surface area contributed by atoms with Crippen molar-refractivity contribution in [2.24, 2.45) is 5.92 Å². The first-order valence-electron chi connectivity index (χ1n) is 9.64. The molecule has 1 aliphatic heterocycles. The fraction of sp³-hybridized carbons (Fsp3) is 0.600. The second kappa shape index (κ2) is 9.08. The topological polar surface area (TPSA) is 79.9 Å². The van der Waals surface area contributed by atoms with E-state index in [0.717, 1.165) is 38.4 Å². The summed E-state index contributed by atoms with van der Waals surface area (Å²) in [4.78, 5) is 26.1. The largest absolute Gasteiger partial charge is 0.493 e. The molecule has 2 fully saturated rings. The molecule has 0 spiro atoms. The number of benzene rings is 1. The van der Waals surface area contributed by atoms with E-state index >= 15 is 0 Å². The smallest absolute Gasteiger partial charge is 0.257 e. The van der Waals surface area contributed by atoms with Crippen LogP contribution in [0.25, 0.3) is 0 Å². The lowest BCUT2D eigenvalue weighted by atomic mass is 10.0. The van der Waals surface area contributed by atoms with Gasteiger partial charge in [0.25, 0.3) is 11.8 Å². The highest BCUT2D eigenvalue weighted by Crippen LogP contribution is 2.30. The summed E-state index contributed by atoms with van der Waals surface area (Å²) in [5.41, 5.74) is 0.573.